The molecule has 0 radical (unpaired) electrons. The highest BCUT2D eigenvalue weighted by molar-refractivity contribution is 7.12. The molecule has 0 bridgehead atoms. The molecule has 0 atom stereocenters. The quantitative estimate of drug-likeness (QED) is 0.813. The molecule has 2 aromatic heterocycles. The van der Waals surface area contributed by atoms with Crippen LogP contribution in [0.25, 0.3) is 6.08 Å². The Kier molecular flexibility index (Phi) is 4.09. The molecule has 0 aliphatic carbocycles. The average molecular weight is 278 g/mol. The van der Waals surface area contributed by atoms with E-state index in [1.807, 2.05) is 0 Å². The summed E-state index contributed by atoms with van der Waals surface area (Å²) in [6, 6.07) is 3.34. The molecule has 1 amide bonds. The van der Waals surface area contributed by atoms with E-state index in [9.17, 15) is 9.59 Å². The summed E-state index contributed by atoms with van der Waals surface area (Å²) in [5.74, 6) is -1.33. The van der Waals surface area contributed by atoms with Crippen molar-refractivity contribution in [2.24, 2.45) is 0 Å². The van der Waals surface area contributed by atoms with Gasteiger partial charge in [0.1, 0.15) is 12.0 Å². The topological polar surface area (TPSA) is 92.4 Å². The minimum absolute atomic E-state index is 0.259. The van der Waals surface area contributed by atoms with Crippen LogP contribution in [-0.4, -0.2) is 22.1 Å². The number of aliphatic carboxylic acids is 1. The van der Waals surface area contributed by atoms with Crippen molar-refractivity contribution in [1.29, 1.82) is 0 Å². The van der Waals surface area contributed by atoms with Gasteiger partial charge in [-0.1, -0.05) is 5.16 Å². The molecule has 0 aromatic carbocycles. The van der Waals surface area contributed by atoms with Crippen LogP contribution in [0.4, 0.5) is 0 Å². The Labute approximate surface area is 112 Å². The van der Waals surface area contributed by atoms with Crippen LogP contribution < -0.4 is 5.32 Å². The number of nitrogens with zero attached hydrogens (tertiary/aromatic N) is 1. The van der Waals surface area contributed by atoms with Crippen molar-refractivity contribution in [3.63, 3.8) is 0 Å². The van der Waals surface area contributed by atoms with Gasteiger partial charge in [0.2, 0.25) is 0 Å². The largest absolute Gasteiger partial charge is 0.478 e. The van der Waals surface area contributed by atoms with Crippen LogP contribution in [0.2, 0.25) is 0 Å². The first-order valence-electron chi connectivity index (χ1n) is 5.33. The number of nitrogens with one attached hydrogen (secondary N) is 1. The molecule has 2 heterocycles. The fourth-order valence-electron chi connectivity index (χ4n) is 1.38. The summed E-state index contributed by atoms with van der Waals surface area (Å²) in [5, 5.41) is 16.7. The number of rotatable bonds is 5. The van der Waals surface area contributed by atoms with Crippen molar-refractivity contribution in [3.8, 4) is 0 Å². The molecule has 19 heavy (non-hydrogen) atoms. The molecule has 0 saturated heterocycles. The molecule has 0 saturated carbocycles. The first kappa shape index (κ1) is 13.0. The van der Waals surface area contributed by atoms with Gasteiger partial charge in [-0.3, -0.25) is 4.79 Å². The highest BCUT2D eigenvalue weighted by Gasteiger charge is 2.11. The molecule has 0 spiro atoms. The Bertz CT molecular complexity index is 601. The lowest BCUT2D eigenvalue weighted by molar-refractivity contribution is -0.131. The monoisotopic (exact) mass is 278 g/mol. The van der Waals surface area contributed by atoms with Gasteiger partial charge < -0.3 is 14.9 Å². The van der Waals surface area contributed by atoms with Gasteiger partial charge in [0.15, 0.2) is 0 Å². The van der Waals surface area contributed by atoms with Crippen molar-refractivity contribution in [3.05, 3.63) is 46.0 Å². The lowest BCUT2D eigenvalue weighted by atomic mass is 10.2. The summed E-state index contributed by atoms with van der Waals surface area (Å²) in [4.78, 5) is 22.8. The lowest BCUT2D eigenvalue weighted by Crippen LogP contribution is -2.22. The second kappa shape index (κ2) is 5.96. The Morgan fingerprint density at radius 2 is 2.32 bits per heavy atom. The van der Waals surface area contributed by atoms with E-state index in [1.54, 1.807) is 17.5 Å². The van der Waals surface area contributed by atoms with Gasteiger partial charge in [0.05, 0.1) is 11.4 Å². The minimum Gasteiger partial charge on any atom is -0.478 e. The maximum Gasteiger partial charge on any atom is 0.328 e. The number of thiophene rings is 1. The standard InChI is InChI=1S/C12H10N2O4S/c15-10(16)2-1-8-4-6-19-11(8)12(17)13-7-9-3-5-18-14-9/h1-6H,7H2,(H,13,17)(H,15,16)/b2-1+. The van der Waals surface area contributed by atoms with Crippen LogP contribution in [-0.2, 0) is 11.3 Å². The van der Waals surface area contributed by atoms with Gasteiger partial charge in [0, 0.05) is 12.1 Å². The molecule has 7 heteroatoms. The van der Waals surface area contributed by atoms with Gasteiger partial charge in [-0.05, 0) is 23.1 Å². The summed E-state index contributed by atoms with van der Waals surface area (Å²) < 4.78 is 4.65. The Morgan fingerprint density at radius 3 is 3.00 bits per heavy atom. The van der Waals surface area contributed by atoms with E-state index >= 15 is 0 Å². The second-order valence-electron chi connectivity index (χ2n) is 3.55. The zero-order chi connectivity index (χ0) is 13.7. The highest BCUT2D eigenvalue weighted by atomic mass is 32.1. The number of carboxylic acid groups (broad SMARTS) is 1. The summed E-state index contributed by atoms with van der Waals surface area (Å²) in [5.41, 5.74) is 1.19. The molecule has 0 unspecified atom stereocenters. The van der Waals surface area contributed by atoms with Crippen molar-refractivity contribution in [2.45, 2.75) is 6.54 Å². The fraction of sp³-hybridized carbons (Fsp3) is 0.0833. The third kappa shape index (κ3) is 3.52. The second-order valence-corrected chi connectivity index (χ2v) is 4.47. The van der Waals surface area contributed by atoms with Crippen LogP contribution in [0.3, 0.4) is 0 Å². The Balaban J connectivity index is 2.03. The van der Waals surface area contributed by atoms with E-state index in [0.717, 1.165) is 6.08 Å². The number of aromatic nitrogens is 1. The summed E-state index contributed by atoms with van der Waals surface area (Å²) in [7, 11) is 0. The molecule has 0 aliphatic heterocycles. The van der Waals surface area contributed by atoms with Gasteiger partial charge in [-0.2, -0.15) is 0 Å². The molecule has 2 aromatic rings. The average Bonchev–Trinajstić information content (AvgIpc) is 3.04. The van der Waals surface area contributed by atoms with E-state index in [2.05, 4.69) is 15.0 Å². The number of carbonyl (C=O) groups excluding carboxylic acids is 1. The van der Waals surface area contributed by atoms with Crippen LogP contribution in [0.1, 0.15) is 20.9 Å². The van der Waals surface area contributed by atoms with E-state index in [0.29, 0.717) is 16.1 Å². The van der Waals surface area contributed by atoms with Crippen LogP contribution in [0, 0.1) is 0 Å². The summed E-state index contributed by atoms with van der Waals surface area (Å²) in [6.45, 7) is 0.259. The molecular weight excluding hydrogens is 268 g/mol. The van der Waals surface area contributed by atoms with Gasteiger partial charge in [-0.15, -0.1) is 11.3 Å². The summed E-state index contributed by atoms with van der Waals surface area (Å²) in [6.07, 6.45) is 3.81. The minimum atomic E-state index is -1.06. The molecule has 0 aliphatic rings. The first-order chi connectivity index (χ1) is 9.16. The van der Waals surface area contributed by atoms with E-state index in [-0.39, 0.29) is 12.5 Å². The highest BCUT2D eigenvalue weighted by Crippen LogP contribution is 2.18. The van der Waals surface area contributed by atoms with Crippen LogP contribution >= 0.6 is 11.3 Å². The number of hydrogen-bond acceptors (Lipinski definition) is 5. The SMILES string of the molecule is O=C(O)/C=C/c1ccsc1C(=O)NCc1ccon1. The molecule has 2 rings (SSSR count). The first-order valence-corrected chi connectivity index (χ1v) is 6.21. The molecule has 98 valence electrons. The van der Waals surface area contributed by atoms with Crippen molar-refractivity contribution >= 4 is 29.3 Å². The predicted molar refractivity (Wildman–Crippen MR) is 68.7 cm³/mol. The van der Waals surface area contributed by atoms with Gasteiger partial charge in [0.25, 0.3) is 5.91 Å². The molecule has 0 fully saturated rings. The molecule has 2 N–H and O–H groups in total. The molecule has 6 nitrogen and oxygen atoms in total. The van der Waals surface area contributed by atoms with Gasteiger partial charge in [-0.25, -0.2) is 4.79 Å². The molecular formula is C12H10N2O4S. The lowest BCUT2D eigenvalue weighted by Gasteiger charge is -2.01. The zero-order valence-corrected chi connectivity index (χ0v) is 10.5. The number of carbonyl (C=O) groups is 2. The Morgan fingerprint density at radius 1 is 1.47 bits per heavy atom. The predicted octanol–water partition coefficient (Wildman–Crippen LogP) is 1.76. The Hall–Kier alpha value is -2.41. The van der Waals surface area contributed by atoms with E-state index < -0.39 is 5.97 Å². The summed E-state index contributed by atoms with van der Waals surface area (Å²) >= 11 is 1.25. The fourth-order valence-corrected chi connectivity index (χ4v) is 2.18. The van der Waals surface area contributed by atoms with Crippen LogP contribution in [0.5, 0.6) is 0 Å². The third-order valence-electron chi connectivity index (χ3n) is 2.23. The normalized spacial score (nSPS) is 10.7. The van der Waals surface area contributed by atoms with Gasteiger partial charge >= 0.3 is 5.97 Å². The van der Waals surface area contributed by atoms with Crippen molar-refractivity contribution < 1.29 is 19.2 Å². The maximum atomic E-state index is 11.9. The third-order valence-corrected chi connectivity index (χ3v) is 3.16. The zero-order valence-electron chi connectivity index (χ0n) is 9.70. The maximum absolute atomic E-state index is 11.9. The van der Waals surface area contributed by atoms with Crippen molar-refractivity contribution in [1.82, 2.24) is 10.5 Å². The smallest absolute Gasteiger partial charge is 0.328 e. The van der Waals surface area contributed by atoms with Crippen molar-refractivity contribution in [2.75, 3.05) is 0 Å². The van der Waals surface area contributed by atoms with E-state index in [1.165, 1.54) is 23.7 Å². The van der Waals surface area contributed by atoms with Crippen LogP contribution in [0.15, 0.2) is 34.4 Å². The number of hydrogen-bond donors (Lipinski definition) is 2. The van der Waals surface area contributed by atoms with E-state index in [4.69, 9.17) is 5.11 Å². The number of amides is 1. The number of carboxylic acids is 1.